The van der Waals surface area contributed by atoms with Crippen LogP contribution in [0, 0.1) is 5.92 Å². The fraction of sp³-hybridized carbons (Fsp3) is 0.615. The van der Waals surface area contributed by atoms with Gasteiger partial charge in [-0.3, -0.25) is 4.79 Å². The highest BCUT2D eigenvalue weighted by molar-refractivity contribution is 7.91. The van der Waals surface area contributed by atoms with Crippen molar-refractivity contribution >= 4 is 27.3 Å². The summed E-state index contributed by atoms with van der Waals surface area (Å²) in [6, 6.07) is 2.93. The van der Waals surface area contributed by atoms with Gasteiger partial charge in [-0.15, -0.1) is 11.3 Å². The van der Waals surface area contributed by atoms with E-state index in [9.17, 15) is 13.2 Å². The Balaban J connectivity index is 3.07. The van der Waals surface area contributed by atoms with Crippen molar-refractivity contribution < 1.29 is 18.3 Å². The van der Waals surface area contributed by atoms with Gasteiger partial charge in [0.2, 0.25) is 0 Å². The Labute approximate surface area is 124 Å². The van der Waals surface area contributed by atoms with Crippen molar-refractivity contribution in [1.29, 1.82) is 0 Å². The number of rotatable bonds is 7. The minimum atomic E-state index is -3.55. The average molecular weight is 319 g/mol. The molecule has 0 aromatic carbocycles. The van der Waals surface area contributed by atoms with Crippen LogP contribution in [-0.2, 0) is 21.2 Å². The number of sulfonamides is 1. The molecule has 0 aliphatic rings. The van der Waals surface area contributed by atoms with Crippen molar-refractivity contribution in [2.75, 3.05) is 6.54 Å². The smallest absolute Gasteiger partial charge is 0.308 e. The van der Waals surface area contributed by atoms with Crippen LogP contribution in [0.15, 0.2) is 16.3 Å². The molecule has 20 heavy (non-hydrogen) atoms. The molecule has 0 saturated carbocycles. The van der Waals surface area contributed by atoms with Gasteiger partial charge in [0.05, 0.1) is 6.42 Å². The van der Waals surface area contributed by atoms with Crippen LogP contribution in [0.1, 0.15) is 32.6 Å². The van der Waals surface area contributed by atoms with E-state index in [0.29, 0.717) is 11.4 Å². The minimum Gasteiger partial charge on any atom is -0.481 e. The molecule has 1 heterocycles. The first kappa shape index (κ1) is 17.1. The predicted octanol–water partition coefficient (Wildman–Crippen LogP) is 2.43. The maximum absolute atomic E-state index is 12.6. The largest absolute Gasteiger partial charge is 0.481 e. The van der Waals surface area contributed by atoms with Crippen LogP contribution in [0.3, 0.4) is 0 Å². The van der Waals surface area contributed by atoms with Gasteiger partial charge < -0.3 is 5.11 Å². The first-order valence-corrected chi connectivity index (χ1v) is 8.72. The fourth-order valence-electron chi connectivity index (χ4n) is 1.80. The van der Waals surface area contributed by atoms with E-state index in [0.717, 1.165) is 11.3 Å². The van der Waals surface area contributed by atoms with Crippen molar-refractivity contribution in [3.8, 4) is 0 Å². The number of thiophene rings is 1. The van der Waals surface area contributed by atoms with Crippen LogP contribution in [-0.4, -0.2) is 36.4 Å². The Morgan fingerprint density at radius 1 is 1.30 bits per heavy atom. The number of hydrogen-bond donors (Lipinski definition) is 1. The zero-order valence-corrected chi connectivity index (χ0v) is 13.8. The maximum Gasteiger partial charge on any atom is 0.308 e. The van der Waals surface area contributed by atoms with Gasteiger partial charge in [0, 0.05) is 17.5 Å². The van der Waals surface area contributed by atoms with Crippen molar-refractivity contribution in [3.63, 3.8) is 0 Å². The molecule has 0 bridgehead atoms. The topological polar surface area (TPSA) is 74.7 Å². The van der Waals surface area contributed by atoms with Gasteiger partial charge in [-0.2, -0.15) is 4.31 Å². The molecule has 1 aromatic heterocycles. The lowest BCUT2D eigenvalue weighted by Crippen LogP contribution is -2.39. The van der Waals surface area contributed by atoms with Crippen molar-refractivity contribution in [1.82, 2.24) is 4.31 Å². The molecule has 7 heteroatoms. The molecule has 0 atom stereocenters. The number of nitrogens with zero attached hydrogens (tertiary/aromatic N) is 1. The molecule has 0 saturated heterocycles. The number of carboxylic acids is 1. The van der Waals surface area contributed by atoms with E-state index in [-0.39, 0.29) is 22.6 Å². The molecule has 1 rings (SSSR count). The lowest BCUT2D eigenvalue weighted by atomic mass is 10.2. The highest BCUT2D eigenvalue weighted by atomic mass is 32.2. The van der Waals surface area contributed by atoms with E-state index in [1.165, 1.54) is 10.4 Å². The van der Waals surface area contributed by atoms with Gasteiger partial charge in [0.15, 0.2) is 0 Å². The third-order valence-corrected chi connectivity index (χ3v) is 6.24. The highest BCUT2D eigenvalue weighted by Gasteiger charge is 2.29. The zero-order chi connectivity index (χ0) is 15.5. The Hall–Kier alpha value is -0.920. The van der Waals surface area contributed by atoms with E-state index in [4.69, 9.17) is 5.11 Å². The van der Waals surface area contributed by atoms with Crippen LogP contribution in [0.4, 0.5) is 0 Å². The third kappa shape index (κ3) is 4.29. The normalized spacial score (nSPS) is 12.6. The standard InChI is InChI=1S/C13H21NO4S2/c1-9(2)8-14(10(3)4)20(17,18)13-6-5-11(19-13)7-12(15)16/h5-6,9-10H,7-8H2,1-4H3,(H,15,16). The molecular weight excluding hydrogens is 298 g/mol. The average Bonchev–Trinajstić information content (AvgIpc) is 2.73. The zero-order valence-electron chi connectivity index (χ0n) is 12.2. The van der Waals surface area contributed by atoms with E-state index in [2.05, 4.69) is 0 Å². The molecule has 0 fully saturated rings. The number of aliphatic carboxylic acids is 1. The summed E-state index contributed by atoms with van der Waals surface area (Å²) < 4.78 is 26.9. The van der Waals surface area contributed by atoms with Gasteiger partial charge in [-0.1, -0.05) is 13.8 Å². The Bertz CT molecular complexity index is 561. The summed E-state index contributed by atoms with van der Waals surface area (Å²) in [5.41, 5.74) is 0. The molecular formula is C13H21NO4S2. The number of carboxylic acid groups (broad SMARTS) is 1. The molecule has 114 valence electrons. The summed E-state index contributed by atoms with van der Waals surface area (Å²) in [6.45, 7) is 8.06. The molecule has 0 unspecified atom stereocenters. The number of carbonyl (C=O) groups is 1. The molecule has 1 aromatic rings. The second kappa shape index (κ2) is 6.69. The van der Waals surface area contributed by atoms with Gasteiger partial charge >= 0.3 is 5.97 Å². The lowest BCUT2D eigenvalue weighted by molar-refractivity contribution is -0.136. The second-order valence-electron chi connectivity index (χ2n) is 5.35. The molecule has 1 N–H and O–H groups in total. The van der Waals surface area contributed by atoms with Crippen molar-refractivity contribution in [2.24, 2.45) is 5.92 Å². The number of hydrogen-bond acceptors (Lipinski definition) is 4. The first-order valence-electron chi connectivity index (χ1n) is 6.47. The van der Waals surface area contributed by atoms with Gasteiger partial charge in [-0.05, 0) is 31.9 Å². The summed E-state index contributed by atoms with van der Waals surface area (Å²) in [4.78, 5) is 11.2. The second-order valence-corrected chi connectivity index (χ2v) is 8.64. The van der Waals surface area contributed by atoms with Crippen LogP contribution in [0.25, 0.3) is 0 Å². The van der Waals surface area contributed by atoms with Gasteiger partial charge in [-0.25, -0.2) is 8.42 Å². The van der Waals surface area contributed by atoms with Crippen molar-refractivity contribution in [2.45, 2.75) is 44.4 Å². The monoisotopic (exact) mass is 319 g/mol. The molecule has 0 aliphatic carbocycles. The quantitative estimate of drug-likeness (QED) is 0.837. The first-order chi connectivity index (χ1) is 9.14. The van der Waals surface area contributed by atoms with E-state index in [1.54, 1.807) is 6.07 Å². The van der Waals surface area contributed by atoms with Crippen LogP contribution in [0.2, 0.25) is 0 Å². The van der Waals surface area contributed by atoms with E-state index >= 15 is 0 Å². The summed E-state index contributed by atoms with van der Waals surface area (Å²) in [6.07, 6.45) is -0.147. The maximum atomic E-state index is 12.6. The highest BCUT2D eigenvalue weighted by Crippen LogP contribution is 2.27. The summed E-state index contributed by atoms with van der Waals surface area (Å²) in [5, 5.41) is 8.74. The van der Waals surface area contributed by atoms with Crippen LogP contribution < -0.4 is 0 Å². The van der Waals surface area contributed by atoms with Crippen LogP contribution in [0.5, 0.6) is 0 Å². The summed E-state index contributed by atoms with van der Waals surface area (Å²) in [5.74, 6) is -0.732. The molecule has 0 aliphatic heterocycles. The molecule has 0 spiro atoms. The fourth-order valence-corrected chi connectivity index (χ4v) is 5.08. The van der Waals surface area contributed by atoms with Gasteiger partial charge in [0.25, 0.3) is 10.0 Å². The van der Waals surface area contributed by atoms with Crippen molar-refractivity contribution in [3.05, 3.63) is 17.0 Å². The van der Waals surface area contributed by atoms with E-state index < -0.39 is 16.0 Å². The lowest BCUT2D eigenvalue weighted by Gasteiger charge is -2.26. The summed E-state index contributed by atoms with van der Waals surface area (Å²) >= 11 is 1.03. The molecule has 0 amide bonds. The Morgan fingerprint density at radius 2 is 1.90 bits per heavy atom. The molecule has 0 radical (unpaired) electrons. The summed E-state index contributed by atoms with van der Waals surface area (Å²) in [7, 11) is -3.55. The SMILES string of the molecule is CC(C)CN(C(C)C)S(=O)(=O)c1ccc(CC(=O)O)s1. The Kier molecular flexibility index (Phi) is 5.73. The van der Waals surface area contributed by atoms with Gasteiger partial charge in [0.1, 0.15) is 4.21 Å². The predicted molar refractivity (Wildman–Crippen MR) is 79.5 cm³/mol. The van der Waals surface area contributed by atoms with E-state index in [1.807, 2.05) is 27.7 Å². The molecule has 5 nitrogen and oxygen atoms in total. The minimum absolute atomic E-state index is 0.132. The third-order valence-electron chi connectivity index (χ3n) is 2.65. The van der Waals surface area contributed by atoms with Crippen LogP contribution >= 0.6 is 11.3 Å². The Morgan fingerprint density at radius 3 is 2.35 bits per heavy atom.